The lowest BCUT2D eigenvalue weighted by Gasteiger charge is -2.26. The number of rotatable bonds is 9. The second-order valence-corrected chi connectivity index (χ2v) is 8.89. The van der Waals surface area contributed by atoms with Gasteiger partial charge < -0.3 is 15.8 Å². The molecule has 0 aliphatic rings. The Balaban J connectivity index is 0.000000555. The summed E-state index contributed by atoms with van der Waals surface area (Å²) in [4.78, 5) is 0. The molecule has 0 aliphatic carbocycles. The molecule has 2 rings (SSSR count). The van der Waals surface area contributed by atoms with Crippen molar-refractivity contribution in [1.29, 1.82) is 0 Å². The van der Waals surface area contributed by atoms with E-state index in [-0.39, 0.29) is 5.60 Å². The smallest absolute Gasteiger partial charge is 0.123 e. The van der Waals surface area contributed by atoms with Gasteiger partial charge in [-0.15, -0.1) is 0 Å². The minimum absolute atomic E-state index is 0.118. The minimum atomic E-state index is -0.118. The Morgan fingerprint density at radius 2 is 1.57 bits per heavy atom. The molecule has 0 saturated heterocycles. The quantitative estimate of drug-likeness (QED) is 0.215. The highest BCUT2D eigenvalue weighted by Gasteiger charge is 2.18. The van der Waals surface area contributed by atoms with Crippen molar-refractivity contribution in [1.82, 2.24) is 0 Å². The van der Waals surface area contributed by atoms with Crippen molar-refractivity contribution in [2.24, 2.45) is 0 Å². The van der Waals surface area contributed by atoms with Crippen LogP contribution < -0.4 is 15.8 Å². The summed E-state index contributed by atoms with van der Waals surface area (Å²) in [5.74, 6) is 0.938. The van der Waals surface area contributed by atoms with Crippen molar-refractivity contribution in [3.63, 3.8) is 0 Å². The molecule has 0 aromatic heterocycles. The SMILES string of the molecule is C=C/C=C\C=CCNc1ccc(C)cc1.CC=CCC.CCC(C)(C)Oc1ccc(N)c(C)c1C. The zero-order valence-electron chi connectivity index (χ0n) is 23.3. The summed E-state index contributed by atoms with van der Waals surface area (Å²) >= 11 is 0. The Kier molecular flexibility index (Phi) is 16.5. The molecular weight excluding hydrogens is 428 g/mol. The van der Waals surface area contributed by atoms with Crippen LogP contribution in [0.5, 0.6) is 5.75 Å². The first-order valence-electron chi connectivity index (χ1n) is 12.5. The van der Waals surface area contributed by atoms with E-state index in [1.165, 1.54) is 5.56 Å². The molecule has 0 amide bonds. The Bertz CT molecular complexity index is 935. The van der Waals surface area contributed by atoms with Crippen molar-refractivity contribution in [3.05, 3.63) is 102 Å². The maximum absolute atomic E-state index is 5.96. The molecule has 0 atom stereocenters. The molecule has 0 unspecified atom stereocenters. The van der Waals surface area contributed by atoms with E-state index in [4.69, 9.17) is 10.5 Å². The van der Waals surface area contributed by atoms with E-state index >= 15 is 0 Å². The summed E-state index contributed by atoms with van der Waals surface area (Å²) in [7, 11) is 0. The van der Waals surface area contributed by atoms with E-state index in [0.29, 0.717) is 0 Å². The minimum Gasteiger partial charge on any atom is -0.488 e. The molecular formula is C32H48N2O. The monoisotopic (exact) mass is 476 g/mol. The highest BCUT2D eigenvalue weighted by molar-refractivity contribution is 5.55. The van der Waals surface area contributed by atoms with Gasteiger partial charge in [0.2, 0.25) is 0 Å². The highest BCUT2D eigenvalue weighted by Crippen LogP contribution is 2.29. The highest BCUT2D eigenvalue weighted by atomic mass is 16.5. The lowest BCUT2D eigenvalue weighted by atomic mass is 10.0. The van der Waals surface area contributed by atoms with Crippen LogP contribution in [0.1, 0.15) is 64.2 Å². The van der Waals surface area contributed by atoms with E-state index in [0.717, 1.165) is 47.6 Å². The number of benzene rings is 2. The van der Waals surface area contributed by atoms with Crippen molar-refractivity contribution in [3.8, 4) is 5.75 Å². The van der Waals surface area contributed by atoms with Gasteiger partial charge in [0.05, 0.1) is 0 Å². The predicted octanol–water partition coefficient (Wildman–Crippen LogP) is 9.13. The van der Waals surface area contributed by atoms with Crippen LogP contribution in [0.3, 0.4) is 0 Å². The lowest BCUT2D eigenvalue weighted by Crippen LogP contribution is -2.27. The molecule has 3 nitrogen and oxygen atoms in total. The number of nitrogen functional groups attached to an aromatic ring is 1. The van der Waals surface area contributed by atoms with E-state index in [9.17, 15) is 0 Å². The Labute approximate surface area is 215 Å². The standard InChI is InChI=1S/C14H17N.C13H21NO.C5H10/c1-3-4-5-6-7-12-15-14-10-8-13(2)9-11-14;1-6-13(4,5)15-12-8-7-11(14)9(2)10(12)3;1-3-5-4-2/h3-11,15H,1,12H2,2H3;7-8H,6,14H2,1-5H3;3,5H,4H2,1-2H3/b5-4-,7-6?;;. The van der Waals surface area contributed by atoms with Gasteiger partial charge in [0.25, 0.3) is 0 Å². The largest absolute Gasteiger partial charge is 0.488 e. The van der Waals surface area contributed by atoms with Gasteiger partial charge in [-0.25, -0.2) is 0 Å². The van der Waals surface area contributed by atoms with Gasteiger partial charge in [-0.1, -0.05) is 80.7 Å². The summed E-state index contributed by atoms with van der Waals surface area (Å²) in [6.07, 6.45) is 16.0. The molecule has 0 aliphatic heterocycles. The number of anilines is 2. The van der Waals surface area contributed by atoms with Gasteiger partial charge in [-0.2, -0.15) is 0 Å². The maximum Gasteiger partial charge on any atom is 0.123 e. The second kappa shape index (κ2) is 18.2. The molecule has 3 N–H and O–H groups in total. The number of nitrogens with two attached hydrogens (primary N) is 1. The fourth-order valence-electron chi connectivity index (χ4n) is 2.67. The molecule has 0 bridgehead atoms. The van der Waals surface area contributed by atoms with Crippen LogP contribution in [0, 0.1) is 20.8 Å². The number of allylic oxidation sites excluding steroid dienone is 6. The van der Waals surface area contributed by atoms with Crippen LogP contribution in [-0.2, 0) is 0 Å². The Morgan fingerprint density at radius 1 is 0.914 bits per heavy atom. The average molecular weight is 477 g/mol. The molecule has 2 aromatic rings. The fourth-order valence-corrected chi connectivity index (χ4v) is 2.67. The lowest BCUT2D eigenvalue weighted by molar-refractivity contribution is 0.104. The molecule has 0 saturated carbocycles. The van der Waals surface area contributed by atoms with Crippen molar-refractivity contribution >= 4 is 11.4 Å². The predicted molar refractivity (Wildman–Crippen MR) is 159 cm³/mol. The molecule has 0 fully saturated rings. The molecule has 2 aromatic carbocycles. The van der Waals surface area contributed by atoms with E-state index < -0.39 is 0 Å². The first-order chi connectivity index (χ1) is 16.6. The van der Waals surface area contributed by atoms with Gasteiger partial charge in [0, 0.05) is 17.9 Å². The Hall–Kier alpha value is -3.20. The topological polar surface area (TPSA) is 47.3 Å². The molecule has 0 heterocycles. The molecule has 35 heavy (non-hydrogen) atoms. The van der Waals surface area contributed by atoms with Gasteiger partial charge in [0.15, 0.2) is 0 Å². The number of nitrogens with one attached hydrogen (secondary N) is 1. The summed E-state index contributed by atoms with van der Waals surface area (Å²) in [5.41, 5.74) is 11.2. The summed E-state index contributed by atoms with van der Waals surface area (Å²) in [5, 5.41) is 3.30. The molecule has 192 valence electrons. The van der Waals surface area contributed by atoms with Crippen molar-refractivity contribution < 1.29 is 4.74 Å². The third kappa shape index (κ3) is 14.6. The third-order valence-corrected chi connectivity index (χ3v) is 5.46. The van der Waals surface area contributed by atoms with Crippen LogP contribution >= 0.6 is 0 Å². The van der Waals surface area contributed by atoms with Crippen LogP contribution in [-0.4, -0.2) is 12.1 Å². The Morgan fingerprint density at radius 3 is 2.09 bits per heavy atom. The first kappa shape index (κ1) is 31.8. The van der Waals surface area contributed by atoms with E-state index in [1.807, 2.05) is 51.1 Å². The van der Waals surface area contributed by atoms with Crippen LogP contribution in [0.2, 0.25) is 0 Å². The number of aryl methyl sites for hydroxylation is 1. The van der Waals surface area contributed by atoms with Crippen LogP contribution in [0.4, 0.5) is 11.4 Å². The zero-order chi connectivity index (χ0) is 26.7. The molecule has 0 spiro atoms. The first-order valence-corrected chi connectivity index (χ1v) is 12.5. The van der Waals surface area contributed by atoms with Crippen LogP contribution in [0.25, 0.3) is 0 Å². The van der Waals surface area contributed by atoms with Gasteiger partial charge in [0.1, 0.15) is 11.4 Å². The summed E-state index contributed by atoms with van der Waals surface area (Å²) < 4.78 is 5.96. The fraction of sp³-hybridized carbons (Fsp3) is 0.375. The average Bonchev–Trinajstić information content (AvgIpc) is 2.84. The zero-order valence-corrected chi connectivity index (χ0v) is 23.3. The van der Waals surface area contributed by atoms with Gasteiger partial charge >= 0.3 is 0 Å². The molecule has 0 radical (unpaired) electrons. The number of ether oxygens (including phenoxy) is 1. The van der Waals surface area contributed by atoms with E-state index in [1.54, 1.807) is 6.08 Å². The van der Waals surface area contributed by atoms with Crippen molar-refractivity contribution in [2.45, 2.75) is 73.8 Å². The van der Waals surface area contributed by atoms with Gasteiger partial charge in [-0.3, -0.25) is 0 Å². The summed E-state index contributed by atoms with van der Waals surface area (Å²) in [6.45, 7) is 21.1. The van der Waals surface area contributed by atoms with E-state index in [2.05, 4.69) is 89.0 Å². The summed E-state index contributed by atoms with van der Waals surface area (Å²) in [6, 6.07) is 12.2. The number of hydrogen-bond acceptors (Lipinski definition) is 3. The number of hydrogen-bond donors (Lipinski definition) is 2. The maximum atomic E-state index is 5.96. The normalized spacial score (nSPS) is 11.1. The second-order valence-electron chi connectivity index (χ2n) is 8.89. The van der Waals surface area contributed by atoms with Crippen molar-refractivity contribution in [2.75, 3.05) is 17.6 Å². The third-order valence-electron chi connectivity index (χ3n) is 5.46. The van der Waals surface area contributed by atoms with Crippen LogP contribution in [0.15, 0.2) is 85.5 Å². The van der Waals surface area contributed by atoms with Gasteiger partial charge in [-0.05, 0) is 89.8 Å². The molecule has 3 heteroatoms.